The highest BCUT2D eigenvalue weighted by Gasteiger charge is 2.25. The van der Waals surface area contributed by atoms with E-state index < -0.39 is 0 Å². The zero-order chi connectivity index (χ0) is 22.7. The number of piperazine rings is 1. The van der Waals surface area contributed by atoms with Crippen LogP contribution in [0, 0.1) is 19.8 Å². The second-order valence-corrected chi connectivity index (χ2v) is 8.83. The molecule has 2 amide bonds. The van der Waals surface area contributed by atoms with E-state index in [1.165, 1.54) is 0 Å². The van der Waals surface area contributed by atoms with Crippen LogP contribution in [0.15, 0.2) is 0 Å². The van der Waals surface area contributed by atoms with Gasteiger partial charge >= 0.3 is 0 Å². The summed E-state index contributed by atoms with van der Waals surface area (Å²) in [6.45, 7) is 10.8. The van der Waals surface area contributed by atoms with Gasteiger partial charge in [0, 0.05) is 51.8 Å². The van der Waals surface area contributed by atoms with Crippen molar-refractivity contribution in [3.63, 3.8) is 0 Å². The molecular formula is C23H35N5O3. The predicted octanol–water partition coefficient (Wildman–Crippen LogP) is 2.63. The molecular weight excluding hydrogens is 394 g/mol. The molecule has 2 aromatic heterocycles. The van der Waals surface area contributed by atoms with E-state index in [1.807, 2.05) is 30.7 Å². The molecule has 0 aliphatic carbocycles. The summed E-state index contributed by atoms with van der Waals surface area (Å²) in [4.78, 5) is 33.6. The van der Waals surface area contributed by atoms with Crippen LogP contribution in [0.4, 0.5) is 0 Å². The largest absolute Gasteiger partial charge is 0.479 e. The number of methoxy groups -OCH3 is 1. The standard InChI is InChI=1S/C23H35N5O3/c1-15(2)7-9-19(29)27-11-13-28(14-12-27)20(30)10-8-18-16(3)21-22(24-17(18)4)26(5)25-23(21)31-6/h15H,7-14H2,1-6H3. The topological polar surface area (TPSA) is 80.6 Å². The lowest BCUT2D eigenvalue weighted by atomic mass is 10.00. The lowest BCUT2D eigenvalue weighted by Gasteiger charge is -2.35. The summed E-state index contributed by atoms with van der Waals surface area (Å²) in [6, 6.07) is 0. The minimum absolute atomic E-state index is 0.131. The van der Waals surface area contributed by atoms with Gasteiger partial charge in [0.05, 0.1) is 12.5 Å². The SMILES string of the molecule is COc1nn(C)c2nc(C)c(CCC(=O)N3CCN(C(=O)CCC(C)C)CC3)c(C)c12. The first-order chi connectivity index (χ1) is 14.7. The van der Waals surface area contributed by atoms with Gasteiger partial charge in [-0.1, -0.05) is 13.8 Å². The van der Waals surface area contributed by atoms with Gasteiger partial charge in [-0.25, -0.2) is 9.67 Å². The Bertz CT molecular complexity index is 958. The third-order valence-electron chi connectivity index (χ3n) is 6.23. The Morgan fingerprint density at radius 3 is 2.16 bits per heavy atom. The predicted molar refractivity (Wildman–Crippen MR) is 120 cm³/mol. The van der Waals surface area contributed by atoms with E-state index in [4.69, 9.17) is 9.72 Å². The van der Waals surface area contributed by atoms with Gasteiger partial charge in [-0.15, -0.1) is 5.10 Å². The zero-order valence-corrected chi connectivity index (χ0v) is 19.7. The van der Waals surface area contributed by atoms with Crippen LogP contribution < -0.4 is 4.74 Å². The van der Waals surface area contributed by atoms with Crippen LogP contribution in [-0.2, 0) is 23.1 Å². The van der Waals surface area contributed by atoms with Crippen LogP contribution in [-0.4, -0.2) is 69.7 Å². The van der Waals surface area contributed by atoms with Crippen molar-refractivity contribution >= 4 is 22.8 Å². The van der Waals surface area contributed by atoms with E-state index >= 15 is 0 Å². The second kappa shape index (κ2) is 9.66. The first-order valence-corrected chi connectivity index (χ1v) is 11.1. The highest BCUT2D eigenvalue weighted by molar-refractivity contribution is 5.86. The number of aromatic nitrogens is 3. The Balaban J connectivity index is 1.60. The van der Waals surface area contributed by atoms with Crippen LogP contribution in [0.25, 0.3) is 11.0 Å². The Labute approximate surface area is 184 Å². The molecule has 2 aromatic rings. The molecule has 0 N–H and O–H groups in total. The average Bonchev–Trinajstić information content (AvgIpc) is 3.07. The number of hydrogen-bond acceptors (Lipinski definition) is 5. The molecule has 3 rings (SSSR count). The van der Waals surface area contributed by atoms with Crippen LogP contribution in [0.5, 0.6) is 5.88 Å². The van der Waals surface area contributed by atoms with Crippen LogP contribution in [0.2, 0.25) is 0 Å². The summed E-state index contributed by atoms with van der Waals surface area (Å²) in [5, 5.41) is 5.30. The summed E-state index contributed by atoms with van der Waals surface area (Å²) in [5.41, 5.74) is 3.86. The molecule has 1 aliphatic rings. The van der Waals surface area contributed by atoms with Gasteiger partial charge in [0.25, 0.3) is 0 Å². The van der Waals surface area contributed by atoms with Gasteiger partial charge in [-0.3, -0.25) is 9.59 Å². The van der Waals surface area contributed by atoms with Gasteiger partial charge in [-0.05, 0) is 43.7 Å². The smallest absolute Gasteiger partial charge is 0.242 e. The molecule has 0 radical (unpaired) electrons. The maximum Gasteiger partial charge on any atom is 0.242 e. The highest BCUT2D eigenvalue weighted by Crippen LogP contribution is 2.30. The molecule has 3 heterocycles. The molecule has 0 saturated carbocycles. The fourth-order valence-electron chi connectivity index (χ4n) is 4.27. The van der Waals surface area contributed by atoms with Crippen molar-refractivity contribution in [2.75, 3.05) is 33.3 Å². The Morgan fingerprint density at radius 2 is 1.61 bits per heavy atom. The molecule has 0 aromatic carbocycles. The summed E-state index contributed by atoms with van der Waals surface area (Å²) >= 11 is 0. The normalized spacial score (nSPS) is 14.5. The fraction of sp³-hybridized carbons (Fsp3) is 0.652. The lowest BCUT2D eigenvalue weighted by Crippen LogP contribution is -2.50. The number of carbonyl (C=O) groups excluding carboxylic acids is 2. The number of aryl methyl sites for hydroxylation is 3. The summed E-state index contributed by atoms with van der Waals surface area (Å²) in [6.07, 6.45) is 2.57. The number of pyridine rings is 1. The minimum atomic E-state index is 0.131. The van der Waals surface area contributed by atoms with E-state index in [-0.39, 0.29) is 11.8 Å². The molecule has 8 heteroatoms. The van der Waals surface area contributed by atoms with Crippen molar-refractivity contribution in [3.8, 4) is 5.88 Å². The molecule has 170 valence electrons. The third kappa shape index (κ3) is 4.99. The Hall–Kier alpha value is -2.64. The number of amides is 2. The van der Waals surface area contributed by atoms with Gasteiger partial charge in [-0.2, -0.15) is 0 Å². The molecule has 1 saturated heterocycles. The van der Waals surface area contributed by atoms with Crippen molar-refractivity contribution in [1.29, 1.82) is 0 Å². The summed E-state index contributed by atoms with van der Waals surface area (Å²) in [7, 11) is 3.46. The minimum Gasteiger partial charge on any atom is -0.479 e. The number of hydrogen-bond donors (Lipinski definition) is 0. The van der Waals surface area contributed by atoms with Crippen LogP contribution in [0.3, 0.4) is 0 Å². The van der Waals surface area contributed by atoms with Crippen LogP contribution in [0.1, 0.15) is 49.9 Å². The highest BCUT2D eigenvalue weighted by atomic mass is 16.5. The Kier molecular flexibility index (Phi) is 7.18. The van der Waals surface area contributed by atoms with E-state index in [1.54, 1.807) is 11.8 Å². The van der Waals surface area contributed by atoms with Crippen LogP contribution >= 0.6 is 0 Å². The van der Waals surface area contributed by atoms with Gasteiger partial charge in [0.2, 0.25) is 17.7 Å². The van der Waals surface area contributed by atoms with Gasteiger partial charge < -0.3 is 14.5 Å². The first-order valence-electron chi connectivity index (χ1n) is 11.1. The Morgan fingerprint density at radius 1 is 1.03 bits per heavy atom. The van der Waals surface area contributed by atoms with E-state index in [9.17, 15) is 9.59 Å². The first kappa shape index (κ1) is 23.0. The number of nitrogens with zero attached hydrogens (tertiary/aromatic N) is 5. The number of fused-ring (bicyclic) bond motifs is 1. The quantitative estimate of drug-likeness (QED) is 0.676. The van der Waals surface area contributed by atoms with Crippen molar-refractivity contribution in [2.24, 2.45) is 13.0 Å². The zero-order valence-electron chi connectivity index (χ0n) is 19.7. The van der Waals surface area contributed by atoms with Crippen molar-refractivity contribution < 1.29 is 14.3 Å². The molecule has 1 aliphatic heterocycles. The van der Waals surface area contributed by atoms with E-state index in [2.05, 4.69) is 18.9 Å². The molecule has 8 nitrogen and oxygen atoms in total. The number of carbonyl (C=O) groups is 2. The van der Waals surface area contributed by atoms with Crippen molar-refractivity contribution in [3.05, 3.63) is 16.8 Å². The second-order valence-electron chi connectivity index (χ2n) is 8.83. The third-order valence-corrected chi connectivity index (χ3v) is 6.23. The maximum atomic E-state index is 12.8. The van der Waals surface area contributed by atoms with E-state index in [0.29, 0.717) is 57.2 Å². The monoisotopic (exact) mass is 429 g/mol. The van der Waals surface area contributed by atoms with Gasteiger partial charge in [0.15, 0.2) is 5.65 Å². The van der Waals surface area contributed by atoms with E-state index in [0.717, 1.165) is 34.3 Å². The number of rotatable bonds is 7. The molecule has 0 unspecified atom stereocenters. The summed E-state index contributed by atoms with van der Waals surface area (Å²) in [5.74, 6) is 1.43. The molecule has 31 heavy (non-hydrogen) atoms. The fourth-order valence-corrected chi connectivity index (χ4v) is 4.27. The van der Waals surface area contributed by atoms with Gasteiger partial charge in [0.1, 0.15) is 0 Å². The molecule has 0 bridgehead atoms. The molecule has 0 atom stereocenters. The maximum absolute atomic E-state index is 12.8. The van der Waals surface area contributed by atoms with Crippen molar-refractivity contribution in [2.45, 2.75) is 53.4 Å². The average molecular weight is 430 g/mol. The molecule has 0 spiro atoms. The molecule has 1 fully saturated rings. The number of ether oxygens (including phenoxy) is 1. The van der Waals surface area contributed by atoms with Crippen molar-refractivity contribution in [1.82, 2.24) is 24.6 Å². The lowest BCUT2D eigenvalue weighted by molar-refractivity contribution is -0.139. The summed E-state index contributed by atoms with van der Waals surface area (Å²) < 4.78 is 7.15.